The van der Waals surface area contributed by atoms with Gasteiger partial charge in [0, 0.05) is 42.7 Å². The fourth-order valence-corrected chi connectivity index (χ4v) is 3.75. The van der Waals surface area contributed by atoms with E-state index in [9.17, 15) is 4.79 Å². The van der Waals surface area contributed by atoms with E-state index in [-0.39, 0.29) is 11.7 Å². The molecule has 31 heavy (non-hydrogen) atoms. The van der Waals surface area contributed by atoms with E-state index in [1.54, 1.807) is 23.1 Å². The number of rotatable bonds is 4. The Balaban J connectivity index is 1.51. The highest BCUT2D eigenvalue weighted by Gasteiger charge is 2.22. The van der Waals surface area contributed by atoms with Gasteiger partial charge in [-0.25, -0.2) is 9.97 Å². The van der Waals surface area contributed by atoms with Crippen LogP contribution in [-0.4, -0.2) is 57.2 Å². The first-order valence-electron chi connectivity index (χ1n) is 10.0. The third kappa shape index (κ3) is 4.08. The number of aromatic amines is 1. The van der Waals surface area contributed by atoms with Crippen LogP contribution in [0.4, 0.5) is 11.6 Å². The van der Waals surface area contributed by atoms with Crippen molar-refractivity contribution in [1.29, 1.82) is 0 Å². The second kappa shape index (κ2) is 8.33. The smallest absolute Gasteiger partial charge is 0.291 e. The number of anilines is 2. The maximum Gasteiger partial charge on any atom is 0.291 e. The Bertz CT molecular complexity index is 1240. The number of halogens is 1. The summed E-state index contributed by atoms with van der Waals surface area (Å²) in [5.41, 5.74) is 2.53. The molecular weight excluding hydrogens is 414 g/mol. The summed E-state index contributed by atoms with van der Waals surface area (Å²) in [6.45, 7) is 2.78. The molecule has 0 spiro atoms. The Labute approximate surface area is 183 Å². The van der Waals surface area contributed by atoms with Crippen molar-refractivity contribution < 1.29 is 4.79 Å². The molecule has 1 saturated heterocycles. The van der Waals surface area contributed by atoms with Crippen LogP contribution in [0.2, 0.25) is 5.02 Å². The highest BCUT2D eigenvalue weighted by molar-refractivity contribution is 6.31. The van der Waals surface area contributed by atoms with E-state index in [1.807, 2.05) is 36.4 Å². The van der Waals surface area contributed by atoms with Crippen LogP contribution in [0.25, 0.3) is 22.2 Å². The summed E-state index contributed by atoms with van der Waals surface area (Å²) in [6.07, 6.45) is 0. The first kappa shape index (κ1) is 19.5. The number of H-pyrrole nitrogens is 1. The molecular formula is C22H20ClN7O. The van der Waals surface area contributed by atoms with Crippen molar-refractivity contribution in [1.82, 2.24) is 30.4 Å². The van der Waals surface area contributed by atoms with Gasteiger partial charge in [0.1, 0.15) is 5.82 Å². The molecule has 0 aliphatic carbocycles. The average Bonchev–Trinajstić information content (AvgIpc) is 3.28. The first-order valence-corrected chi connectivity index (χ1v) is 10.4. The number of carbonyl (C=O) groups excluding carboxylic acids is 1. The number of amides is 1. The van der Waals surface area contributed by atoms with Crippen molar-refractivity contribution in [3.8, 4) is 11.3 Å². The molecule has 1 fully saturated rings. The Morgan fingerprint density at radius 1 is 1.03 bits per heavy atom. The van der Waals surface area contributed by atoms with Crippen molar-refractivity contribution in [2.24, 2.45) is 0 Å². The zero-order chi connectivity index (χ0) is 21.2. The van der Waals surface area contributed by atoms with Gasteiger partial charge in [-0.2, -0.15) is 5.10 Å². The lowest BCUT2D eigenvalue weighted by molar-refractivity contribution is 0.0724. The van der Waals surface area contributed by atoms with E-state index in [4.69, 9.17) is 11.6 Å². The normalized spacial score (nSPS) is 14.0. The molecule has 0 radical (unpaired) electrons. The van der Waals surface area contributed by atoms with Crippen LogP contribution >= 0.6 is 11.6 Å². The molecule has 0 saturated carbocycles. The van der Waals surface area contributed by atoms with Gasteiger partial charge in [-0.1, -0.05) is 41.9 Å². The van der Waals surface area contributed by atoms with Crippen LogP contribution in [0, 0.1) is 0 Å². The first-order chi connectivity index (χ1) is 15.2. The molecule has 3 N–H and O–H groups in total. The highest BCUT2D eigenvalue weighted by atomic mass is 35.5. The quantitative estimate of drug-likeness (QED) is 0.456. The Kier molecular flexibility index (Phi) is 5.23. The SMILES string of the molecule is O=C(c1nc(Nc2cc(-c3ccccc3)[nH]n2)c2cc(Cl)ccc2n1)N1CCNCC1. The third-order valence-corrected chi connectivity index (χ3v) is 5.40. The molecule has 0 atom stereocenters. The van der Waals surface area contributed by atoms with Crippen LogP contribution in [0.3, 0.4) is 0 Å². The van der Waals surface area contributed by atoms with Gasteiger partial charge in [0.2, 0.25) is 5.82 Å². The van der Waals surface area contributed by atoms with E-state index >= 15 is 0 Å². The number of fused-ring (bicyclic) bond motifs is 1. The molecule has 1 amide bonds. The van der Waals surface area contributed by atoms with Crippen LogP contribution in [0.15, 0.2) is 54.6 Å². The minimum Gasteiger partial charge on any atom is -0.333 e. The van der Waals surface area contributed by atoms with Crippen LogP contribution in [0.1, 0.15) is 10.6 Å². The van der Waals surface area contributed by atoms with Crippen LogP contribution < -0.4 is 10.6 Å². The third-order valence-electron chi connectivity index (χ3n) is 5.16. The minimum absolute atomic E-state index is 0.151. The van der Waals surface area contributed by atoms with Gasteiger partial charge in [-0.15, -0.1) is 0 Å². The lowest BCUT2D eigenvalue weighted by Gasteiger charge is -2.26. The zero-order valence-electron chi connectivity index (χ0n) is 16.6. The van der Waals surface area contributed by atoms with E-state index in [2.05, 4.69) is 30.8 Å². The van der Waals surface area contributed by atoms with Crippen molar-refractivity contribution in [3.63, 3.8) is 0 Å². The molecule has 2 aromatic heterocycles. The Hall–Kier alpha value is -3.49. The lowest BCUT2D eigenvalue weighted by atomic mass is 10.1. The number of carbonyl (C=O) groups is 1. The van der Waals surface area contributed by atoms with Gasteiger partial charge in [0.05, 0.1) is 11.2 Å². The molecule has 2 aromatic carbocycles. The summed E-state index contributed by atoms with van der Waals surface area (Å²) in [4.78, 5) is 23.8. The van der Waals surface area contributed by atoms with E-state index in [1.165, 1.54) is 0 Å². The number of aromatic nitrogens is 4. The maximum atomic E-state index is 13.0. The predicted octanol–water partition coefficient (Wildman–Crippen LogP) is 3.46. The second-order valence-corrected chi connectivity index (χ2v) is 7.69. The summed E-state index contributed by atoms with van der Waals surface area (Å²) in [7, 11) is 0. The minimum atomic E-state index is -0.187. The van der Waals surface area contributed by atoms with Gasteiger partial charge >= 0.3 is 0 Å². The molecule has 1 aliphatic heterocycles. The summed E-state index contributed by atoms with van der Waals surface area (Å²) in [5.74, 6) is 1.03. The fraction of sp³-hybridized carbons (Fsp3) is 0.182. The highest BCUT2D eigenvalue weighted by Crippen LogP contribution is 2.28. The zero-order valence-corrected chi connectivity index (χ0v) is 17.4. The molecule has 8 nitrogen and oxygen atoms in total. The number of hydrogen-bond donors (Lipinski definition) is 3. The molecule has 5 rings (SSSR count). The van der Waals surface area contributed by atoms with Gasteiger partial charge in [-0.3, -0.25) is 9.89 Å². The lowest BCUT2D eigenvalue weighted by Crippen LogP contribution is -2.46. The molecule has 4 aromatic rings. The summed E-state index contributed by atoms with van der Waals surface area (Å²) in [6, 6.07) is 17.1. The summed E-state index contributed by atoms with van der Waals surface area (Å²) in [5, 5.41) is 15.1. The van der Waals surface area contributed by atoms with Crippen molar-refractivity contribution in [3.05, 3.63) is 65.4 Å². The van der Waals surface area contributed by atoms with Crippen LogP contribution in [0.5, 0.6) is 0 Å². The molecule has 0 bridgehead atoms. The maximum absolute atomic E-state index is 13.0. The number of benzene rings is 2. The standard InChI is InChI=1S/C22H20ClN7O/c23-15-6-7-17-16(12-15)20(27-21(25-17)22(31)30-10-8-24-9-11-30)26-19-13-18(28-29-19)14-4-2-1-3-5-14/h1-7,12-13,24H,8-11H2,(H2,25,26,27,28,29). The molecule has 3 heterocycles. The number of hydrogen-bond acceptors (Lipinski definition) is 6. The summed E-state index contributed by atoms with van der Waals surface area (Å²) >= 11 is 6.21. The fourth-order valence-electron chi connectivity index (χ4n) is 3.57. The van der Waals surface area contributed by atoms with Crippen molar-refractivity contribution in [2.75, 3.05) is 31.5 Å². The summed E-state index contributed by atoms with van der Waals surface area (Å²) < 4.78 is 0. The molecule has 1 aliphatic rings. The average molecular weight is 434 g/mol. The van der Waals surface area contributed by atoms with Gasteiger partial charge < -0.3 is 15.5 Å². The Morgan fingerprint density at radius 3 is 2.65 bits per heavy atom. The monoisotopic (exact) mass is 433 g/mol. The van der Waals surface area contributed by atoms with Gasteiger partial charge in [0.15, 0.2) is 5.82 Å². The van der Waals surface area contributed by atoms with E-state index in [0.717, 1.165) is 24.3 Å². The Morgan fingerprint density at radius 2 is 1.84 bits per heavy atom. The van der Waals surface area contributed by atoms with Gasteiger partial charge in [0.25, 0.3) is 5.91 Å². The topological polar surface area (TPSA) is 98.8 Å². The molecule has 9 heteroatoms. The van der Waals surface area contributed by atoms with Crippen molar-refractivity contribution >= 4 is 40.0 Å². The van der Waals surface area contributed by atoms with E-state index < -0.39 is 0 Å². The second-order valence-electron chi connectivity index (χ2n) is 7.26. The van der Waals surface area contributed by atoms with E-state index in [0.29, 0.717) is 40.7 Å². The largest absolute Gasteiger partial charge is 0.333 e. The van der Waals surface area contributed by atoms with Crippen LogP contribution in [-0.2, 0) is 0 Å². The predicted molar refractivity (Wildman–Crippen MR) is 121 cm³/mol. The van der Waals surface area contributed by atoms with Crippen molar-refractivity contribution in [2.45, 2.75) is 0 Å². The molecule has 156 valence electrons. The number of piperazine rings is 1. The number of nitrogens with zero attached hydrogens (tertiary/aromatic N) is 4. The molecule has 0 unspecified atom stereocenters. The number of nitrogens with one attached hydrogen (secondary N) is 3. The van der Waals surface area contributed by atoms with Gasteiger partial charge in [-0.05, 0) is 23.8 Å².